The molecule has 2 aliphatic heterocycles. The van der Waals surface area contributed by atoms with Crippen LogP contribution in [0.25, 0.3) is 0 Å². The molecular formula is C16H21BN2O3. The Labute approximate surface area is 131 Å². The summed E-state index contributed by atoms with van der Waals surface area (Å²) in [7, 11) is -0.555. The van der Waals surface area contributed by atoms with Crippen molar-refractivity contribution >= 4 is 12.6 Å². The van der Waals surface area contributed by atoms with E-state index in [9.17, 15) is 5.26 Å². The highest BCUT2D eigenvalue weighted by Gasteiger charge is 2.52. The molecule has 1 unspecified atom stereocenters. The summed E-state index contributed by atoms with van der Waals surface area (Å²) in [5.41, 5.74) is 1.13. The predicted molar refractivity (Wildman–Crippen MR) is 82.8 cm³/mol. The zero-order valence-electron chi connectivity index (χ0n) is 13.5. The lowest BCUT2D eigenvalue weighted by molar-refractivity contribution is 0.00578. The van der Waals surface area contributed by atoms with Gasteiger partial charge in [0, 0.05) is 23.7 Å². The Balaban J connectivity index is 1.90. The lowest BCUT2D eigenvalue weighted by Crippen LogP contribution is -2.41. The van der Waals surface area contributed by atoms with Gasteiger partial charge in [0.05, 0.1) is 17.8 Å². The summed E-state index contributed by atoms with van der Waals surface area (Å²) in [6.45, 7) is 9.42. The van der Waals surface area contributed by atoms with Crippen molar-refractivity contribution in [2.75, 3.05) is 13.2 Å². The van der Waals surface area contributed by atoms with Crippen molar-refractivity contribution in [1.82, 2.24) is 4.98 Å². The molecule has 6 heteroatoms. The fraction of sp³-hybridized carbons (Fsp3) is 0.625. The Morgan fingerprint density at radius 3 is 2.45 bits per heavy atom. The molecule has 0 amide bonds. The first-order chi connectivity index (χ1) is 10.3. The lowest BCUT2D eigenvalue weighted by atomic mass is 9.77. The maximum atomic E-state index is 9.45. The van der Waals surface area contributed by atoms with Gasteiger partial charge in [0.15, 0.2) is 0 Å². The molecule has 0 saturated carbocycles. The fourth-order valence-corrected chi connectivity index (χ4v) is 2.73. The zero-order valence-corrected chi connectivity index (χ0v) is 13.5. The second-order valence-corrected chi connectivity index (χ2v) is 6.93. The van der Waals surface area contributed by atoms with Gasteiger partial charge in [-0.15, -0.1) is 0 Å². The number of hydrogen-bond acceptors (Lipinski definition) is 5. The molecule has 0 aliphatic carbocycles. The first-order valence-electron chi connectivity index (χ1n) is 7.68. The molecule has 22 heavy (non-hydrogen) atoms. The van der Waals surface area contributed by atoms with Crippen molar-refractivity contribution in [1.29, 1.82) is 5.26 Å². The summed E-state index contributed by atoms with van der Waals surface area (Å²) in [6, 6.07) is 6.04. The van der Waals surface area contributed by atoms with Gasteiger partial charge in [-0.2, -0.15) is 5.26 Å². The van der Waals surface area contributed by atoms with Gasteiger partial charge >= 0.3 is 7.12 Å². The quantitative estimate of drug-likeness (QED) is 0.779. The highest BCUT2D eigenvalue weighted by atomic mass is 16.7. The van der Waals surface area contributed by atoms with E-state index in [1.165, 1.54) is 0 Å². The second kappa shape index (κ2) is 5.34. The SMILES string of the molecule is CC1(C)OB(c2ccc(C3CCOC3)nc2C#N)OC1(C)C. The molecule has 5 nitrogen and oxygen atoms in total. The minimum atomic E-state index is -0.555. The average Bonchev–Trinajstić information content (AvgIpc) is 3.05. The Hall–Kier alpha value is -1.42. The molecule has 3 rings (SSSR count). The van der Waals surface area contributed by atoms with Crippen molar-refractivity contribution in [3.8, 4) is 6.07 Å². The molecular weight excluding hydrogens is 279 g/mol. The Kier molecular flexibility index (Phi) is 3.76. The van der Waals surface area contributed by atoms with E-state index in [1.807, 2.05) is 39.8 Å². The van der Waals surface area contributed by atoms with E-state index >= 15 is 0 Å². The van der Waals surface area contributed by atoms with Gasteiger partial charge in [-0.3, -0.25) is 0 Å². The molecule has 2 saturated heterocycles. The number of nitrogens with zero attached hydrogens (tertiary/aromatic N) is 2. The van der Waals surface area contributed by atoms with Gasteiger partial charge in [0.2, 0.25) is 0 Å². The Bertz CT molecular complexity index is 602. The van der Waals surface area contributed by atoms with Crippen LogP contribution in [-0.2, 0) is 14.0 Å². The molecule has 2 aliphatic rings. The van der Waals surface area contributed by atoms with Crippen molar-refractivity contribution in [3.63, 3.8) is 0 Å². The molecule has 0 bridgehead atoms. The minimum Gasteiger partial charge on any atom is -0.399 e. The van der Waals surface area contributed by atoms with E-state index in [0.717, 1.165) is 18.7 Å². The number of aromatic nitrogens is 1. The molecule has 0 spiro atoms. The fourth-order valence-electron chi connectivity index (χ4n) is 2.73. The normalized spacial score (nSPS) is 26.1. The van der Waals surface area contributed by atoms with Crippen LogP contribution in [0.5, 0.6) is 0 Å². The van der Waals surface area contributed by atoms with Crippen LogP contribution in [0.4, 0.5) is 0 Å². The summed E-state index contributed by atoms with van der Waals surface area (Å²) in [5, 5.41) is 9.45. The van der Waals surface area contributed by atoms with Gasteiger partial charge < -0.3 is 14.0 Å². The monoisotopic (exact) mass is 300 g/mol. The summed E-state index contributed by atoms with van der Waals surface area (Å²) in [4.78, 5) is 4.51. The van der Waals surface area contributed by atoms with Crippen molar-refractivity contribution in [2.24, 2.45) is 0 Å². The number of pyridine rings is 1. The summed E-state index contributed by atoms with van der Waals surface area (Å²) in [5.74, 6) is 0.277. The van der Waals surface area contributed by atoms with Gasteiger partial charge in [0.25, 0.3) is 0 Å². The van der Waals surface area contributed by atoms with Crippen molar-refractivity contribution < 1.29 is 14.0 Å². The van der Waals surface area contributed by atoms with Crippen molar-refractivity contribution in [3.05, 3.63) is 23.5 Å². The first kappa shape index (κ1) is 15.5. The van der Waals surface area contributed by atoms with Gasteiger partial charge in [-0.05, 0) is 40.2 Å². The maximum Gasteiger partial charge on any atom is 0.497 e. The topological polar surface area (TPSA) is 64.4 Å². The van der Waals surface area contributed by atoms with Crippen LogP contribution in [0.15, 0.2) is 12.1 Å². The highest BCUT2D eigenvalue weighted by molar-refractivity contribution is 6.62. The third-order valence-electron chi connectivity index (χ3n) is 4.91. The zero-order chi connectivity index (χ0) is 16.0. The number of ether oxygens (including phenoxy) is 1. The van der Waals surface area contributed by atoms with Crippen LogP contribution in [-0.4, -0.2) is 36.5 Å². The van der Waals surface area contributed by atoms with Crippen LogP contribution in [0.2, 0.25) is 0 Å². The lowest BCUT2D eigenvalue weighted by Gasteiger charge is -2.32. The van der Waals surface area contributed by atoms with E-state index in [1.54, 1.807) is 0 Å². The number of rotatable bonds is 2. The second-order valence-electron chi connectivity index (χ2n) is 6.93. The summed E-state index contributed by atoms with van der Waals surface area (Å²) < 4.78 is 17.4. The first-order valence-corrected chi connectivity index (χ1v) is 7.68. The Morgan fingerprint density at radius 1 is 1.23 bits per heavy atom. The molecule has 1 aromatic heterocycles. The maximum absolute atomic E-state index is 9.45. The molecule has 3 heterocycles. The minimum absolute atomic E-state index is 0.277. The highest BCUT2D eigenvalue weighted by Crippen LogP contribution is 2.36. The van der Waals surface area contributed by atoms with E-state index in [0.29, 0.717) is 17.8 Å². The van der Waals surface area contributed by atoms with Crippen LogP contribution in [0.1, 0.15) is 51.4 Å². The van der Waals surface area contributed by atoms with E-state index < -0.39 is 18.3 Å². The standard InChI is InChI=1S/C16H21BN2O3/c1-15(2)16(3,4)22-17(21-15)12-5-6-13(19-14(12)9-18)11-7-8-20-10-11/h5-6,11H,7-8,10H2,1-4H3. The molecule has 0 aromatic carbocycles. The van der Waals surface area contributed by atoms with Crippen LogP contribution in [0.3, 0.4) is 0 Å². The smallest absolute Gasteiger partial charge is 0.399 e. The summed E-state index contributed by atoms with van der Waals surface area (Å²) >= 11 is 0. The molecule has 0 radical (unpaired) electrons. The van der Waals surface area contributed by atoms with Gasteiger partial charge in [-0.1, -0.05) is 6.07 Å². The molecule has 1 atom stereocenters. The van der Waals surface area contributed by atoms with Gasteiger partial charge in [0.1, 0.15) is 11.8 Å². The van der Waals surface area contributed by atoms with E-state index in [2.05, 4.69) is 11.1 Å². The van der Waals surface area contributed by atoms with Crippen LogP contribution >= 0.6 is 0 Å². The molecule has 0 N–H and O–H groups in total. The third-order valence-corrected chi connectivity index (χ3v) is 4.91. The largest absolute Gasteiger partial charge is 0.497 e. The predicted octanol–water partition coefficient (Wildman–Crippen LogP) is 1.76. The number of hydrogen-bond donors (Lipinski definition) is 0. The van der Waals surface area contributed by atoms with Gasteiger partial charge in [-0.25, -0.2) is 4.98 Å². The Morgan fingerprint density at radius 2 is 1.91 bits per heavy atom. The molecule has 2 fully saturated rings. The van der Waals surface area contributed by atoms with E-state index in [-0.39, 0.29) is 5.92 Å². The summed E-state index contributed by atoms with van der Waals surface area (Å²) in [6.07, 6.45) is 0.952. The van der Waals surface area contributed by atoms with Crippen LogP contribution in [0, 0.1) is 11.3 Å². The third kappa shape index (κ3) is 2.54. The average molecular weight is 300 g/mol. The van der Waals surface area contributed by atoms with Crippen LogP contribution < -0.4 is 5.46 Å². The van der Waals surface area contributed by atoms with E-state index in [4.69, 9.17) is 14.0 Å². The number of nitriles is 1. The molecule has 1 aromatic rings. The molecule has 116 valence electrons. The van der Waals surface area contributed by atoms with Crippen molar-refractivity contribution in [2.45, 2.75) is 51.2 Å².